The second-order valence-electron chi connectivity index (χ2n) is 4.05. The Bertz CT molecular complexity index is 299. The molecule has 0 bridgehead atoms. The molecule has 1 amide bonds. The number of rotatable bonds is 5. The number of carbonyl (C=O) groups is 1. The van der Waals surface area contributed by atoms with Gasteiger partial charge in [-0.2, -0.15) is 0 Å². The van der Waals surface area contributed by atoms with Crippen molar-refractivity contribution in [2.75, 3.05) is 6.54 Å². The standard InChI is InChI=1S/C11H18N2O2.ClH/c1-8(2)5-10(6-12)13-11(14)9-3-4-15-7-9;/h3-4,7-8,10H,5-6,12H2,1-2H3,(H,13,14);1H. The summed E-state index contributed by atoms with van der Waals surface area (Å²) >= 11 is 0. The molecule has 16 heavy (non-hydrogen) atoms. The first-order chi connectivity index (χ1) is 7.13. The van der Waals surface area contributed by atoms with E-state index in [4.69, 9.17) is 10.2 Å². The van der Waals surface area contributed by atoms with Gasteiger partial charge in [-0.15, -0.1) is 12.4 Å². The normalized spacial score (nSPS) is 12.0. The third-order valence-electron chi connectivity index (χ3n) is 2.16. The number of hydrogen-bond donors (Lipinski definition) is 2. The van der Waals surface area contributed by atoms with Crippen LogP contribution >= 0.6 is 12.4 Å². The second-order valence-corrected chi connectivity index (χ2v) is 4.05. The lowest BCUT2D eigenvalue weighted by Gasteiger charge is -2.18. The zero-order valence-corrected chi connectivity index (χ0v) is 10.4. The molecule has 3 N–H and O–H groups in total. The SMILES string of the molecule is CC(C)CC(CN)NC(=O)c1ccoc1.Cl. The van der Waals surface area contributed by atoms with E-state index in [1.54, 1.807) is 6.07 Å². The van der Waals surface area contributed by atoms with Gasteiger partial charge < -0.3 is 15.5 Å². The molecule has 1 aromatic heterocycles. The fourth-order valence-corrected chi connectivity index (χ4v) is 1.45. The van der Waals surface area contributed by atoms with Crippen LogP contribution in [0.4, 0.5) is 0 Å². The maximum Gasteiger partial charge on any atom is 0.254 e. The van der Waals surface area contributed by atoms with Gasteiger partial charge >= 0.3 is 0 Å². The van der Waals surface area contributed by atoms with Crippen LogP contribution in [-0.2, 0) is 0 Å². The van der Waals surface area contributed by atoms with Crippen molar-refractivity contribution in [3.63, 3.8) is 0 Å². The molecule has 0 spiro atoms. The second kappa shape index (κ2) is 7.30. The van der Waals surface area contributed by atoms with Crippen molar-refractivity contribution >= 4 is 18.3 Å². The van der Waals surface area contributed by atoms with Crippen molar-refractivity contribution in [2.45, 2.75) is 26.3 Å². The number of halogens is 1. The van der Waals surface area contributed by atoms with E-state index >= 15 is 0 Å². The van der Waals surface area contributed by atoms with Gasteiger partial charge in [0, 0.05) is 12.6 Å². The Hall–Kier alpha value is -1.00. The Kier molecular flexibility index (Phi) is 6.85. The minimum absolute atomic E-state index is 0. The highest BCUT2D eigenvalue weighted by Gasteiger charge is 2.14. The molecule has 0 saturated heterocycles. The summed E-state index contributed by atoms with van der Waals surface area (Å²) < 4.78 is 4.84. The van der Waals surface area contributed by atoms with E-state index in [0.29, 0.717) is 18.0 Å². The lowest BCUT2D eigenvalue weighted by atomic mass is 10.0. The largest absolute Gasteiger partial charge is 0.472 e. The molecule has 0 aliphatic heterocycles. The summed E-state index contributed by atoms with van der Waals surface area (Å²) in [6, 6.07) is 1.67. The molecule has 0 aliphatic rings. The number of furan rings is 1. The van der Waals surface area contributed by atoms with Crippen LogP contribution in [0, 0.1) is 5.92 Å². The van der Waals surface area contributed by atoms with Crippen LogP contribution in [0.25, 0.3) is 0 Å². The third-order valence-corrected chi connectivity index (χ3v) is 2.16. The molecule has 1 unspecified atom stereocenters. The van der Waals surface area contributed by atoms with Crippen molar-refractivity contribution in [2.24, 2.45) is 11.7 Å². The van der Waals surface area contributed by atoms with Crippen LogP contribution < -0.4 is 11.1 Å². The van der Waals surface area contributed by atoms with Crippen LogP contribution in [0.2, 0.25) is 0 Å². The maximum absolute atomic E-state index is 11.6. The van der Waals surface area contributed by atoms with Crippen molar-refractivity contribution in [1.82, 2.24) is 5.32 Å². The van der Waals surface area contributed by atoms with Crippen LogP contribution in [-0.4, -0.2) is 18.5 Å². The number of hydrogen-bond acceptors (Lipinski definition) is 3. The molecule has 1 aromatic rings. The van der Waals surface area contributed by atoms with E-state index in [1.807, 2.05) is 0 Å². The van der Waals surface area contributed by atoms with Gasteiger partial charge in [-0.3, -0.25) is 4.79 Å². The molecule has 1 atom stereocenters. The molecule has 0 saturated carbocycles. The number of amides is 1. The highest BCUT2D eigenvalue weighted by atomic mass is 35.5. The molecular formula is C11H19ClN2O2. The van der Waals surface area contributed by atoms with Gasteiger partial charge in [-0.25, -0.2) is 0 Å². The third kappa shape index (κ3) is 4.68. The van der Waals surface area contributed by atoms with Gasteiger partial charge in [-0.05, 0) is 18.4 Å². The van der Waals surface area contributed by atoms with E-state index < -0.39 is 0 Å². The van der Waals surface area contributed by atoms with Crippen molar-refractivity contribution in [1.29, 1.82) is 0 Å². The zero-order valence-electron chi connectivity index (χ0n) is 9.60. The first kappa shape index (κ1) is 15.0. The van der Waals surface area contributed by atoms with Gasteiger partial charge in [0.1, 0.15) is 6.26 Å². The van der Waals surface area contributed by atoms with Gasteiger partial charge in [0.05, 0.1) is 11.8 Å². The molecule has 1 heterocycles. The minimum atomic E-state index is -0.125. The molecule has 0 radical (unpaired) electrons. The van der Waals surface area contributed by atoms with E-state index in [0.717, 1.165) is 6.42 Å². The van der Waals surface area contributed by atoms with Gasteiger partial charge in [-0.1, -0.05) is 13.8 Å². The van der Waals surface area contributed by atoms with Gasteiger partial charge in [0.2, 0.25) is 0 Å². The number of nitrogens with two attached hydrogens (primary N) is 1. The minimum Gasteiger partial charge on any atom is -0.472 e. The molecule has 0 aliphatic carbocycles. The quantitative estimate of drug-likeness (QED) is 0.833. The van der Waals surface area contributed by atoms with Crippen LogP contribution in [0.15, 0.2) is 23.0 Å². The first-order valence-electron chi connectivity index (χ1n) is 5.16. The summed E-state index contributed by atoms with van der Waals surface area (Å²) in [4.78, 5) is 11.6. The highest BCUT2D eigenvalue weighted by Crippen LogP contribution is 2.05. The zero-order chi connectivity index (χ0) is 11.3. The molecule has 5 heteroatoms. The van der Waals surface area contributed by atoms with E-state index in [2.05, 4.69) is 19.2 Å². The summed E-state index contributed by atoms with van der Waals surface area (Å²) in [5.74, 6) is 0.392. The number of nitrogens with one attached hydrogen (secondary N) is 1. The molecule has 1 rings (SSSR count). The summed E-state index contributed by atoms with van der Waals surface area (Å²) in [5, 5.41) is 2.88. The van der Waals surface area contributed by atoms with Gasteiger partial charge in [0.15, 0.2) is 0 Å². The monoisotopic (exact) mass is 246 g/mol. The molecule has 0 fully saturated rings. The lowest BCUT2D eigenvalue weighted by Crippen LogP contribution is -2.40. The summed E-state index contributed by atoms with van der Waals surface area (Å²) in [5.41, 5.74) is 6.12. The Morgan fingerprint density at radius 3 is 2.69 bits per heavy atom. The summed E-state index contributed by atoms with van der Waals surface area (Å²) in [7, 11) is 0. The molecular weight excluding hydrogens is 228 g/mol. The lowest BCUT2D eigenvalue weighted by molar-refractivity contribution is 0.0933. The smallest absolute Gasteiger partial charge is 0.254 e. The van der Waals surface area contributed by atoms with Crippen LogP contribution in [0.3, 0.4) is 0 Å². The topological polar surface area (TPSA) is 68.3 Å². The van der Waals surface area contributed by atoms with Gasteiger partial charge in [0.25, 0.3) is 5.91 Å². The average molecular weight is 247 g/mol. The predicted molar refractivity (Wildman–Crippen MR) is 65.7 cm³/mol. The van der Waals surface area contributed by atoms with Crippen molar-refractivity contribution < 1.29 is 9.21 Å². The van der Waals surface area contributed by atoms with Crippen molar-refractivity contribution in [3.05, 3.63) is 24.2 Å². The fourth-order valence-electron chi connectivity index (χ4n) is 1.45. The van der Waals surface area contributed by atoms with E-state index in [1.165, 1.54) is 12.5 Å². The van der Waals surface area contributed by atoms with Crippen LogP contribution in [0.1, 0.15) is 30.6 Å². The average Bonchev–Trinajstić information content (AvgIpc) is 2.68. The Morgan fingerprint density at radius 2 is 2.25 bits per heavy atom. The van der Waals surface area contributed by atoms with E-state index in [-0.39, 0.29) is 24.4 Å². The number of carbonyl (C=O) groups excluding carboxylic acids is 1. The maximum atomic E-state index is 11.6. The van der Waals surface area contributed by atoms with Crippen molar-refractivity contribution in [3.8, 4) is 0 Å². The predicted octanol–water partition coefficient (Wildman–Crippen LogP) is 1.80. The molecule has 4 nitrogen and oxygen atoms in total. The first-order valence-corrected chi connectivity index (χ1v) is 5.16. The molecule has 0 aromatic carbocycles. The Morgan fingerprint density at radius 1 is 1.56 bits per heavy atom. The summed E-state index contributed by atoms with van der Waals surface area (Å²) in [6.45, 7) is 4.67. The van der Waals surface area contributed by atoms with E-state index in [9.17, 15) is 4.79 Å². The summed E-state index contributed by atoms with van der Waals surface area (Å²) in [6.07, 6.45) is 3.80. The molecule has 92 valence electrons. The fraction of sp³-hybridized carbons (Fsp3) is 0.545. The van der Waals surface area contributed by atoms with Crippen LogP contribution in [0.5, 0.6) is 0 Å². The Balaban J connectivity index is 0.00000225. The Labute approximate surface area is 102 Å². The highest BCUT2D eigenvalue weighted by molar-refractivity contribution is 5.93.